The molecule has 16 heavy (non-hydrogen) atoms. The van der Waals surface area contributed by atoms with E-state index in [2.05, 4.69) is 18.9 Å². The van der Waals surface area contributed by atoms with E-state index in [1.165, 1.54) is 0 Å². The van der Waals surface area contributed by atoms with Gasteiger partial charge in [-0.1, -0.05) is 27.2 Å². The summed E-state index contributed by atoms with van der Waals surface area (Å²) in [7, 11) is 0. The van der Waals surface area contributed by atoms with Crippen LogP contribution in [-0.4, -0.2) is 15.6 Å². The molecule has 1 unspecified atom stereocenters. The third kappa shape index (κ3) is 2.71. The highest BCUT2D eigenvalue weighted by Gasteiger charge is 2.19. The first-order chi connectivity index (χ1) is 7.63. The molecular weight excluding hydrogens is 200 g/mol. The molecule has 3 nitrogen and oxygen atoms in total. The quantitative estimate of drug-likeness (QED) is 0.693. The van der Waals surface area contributed by atoms with Gasteiger partial charge >= 0.3 is 0 Å². The average molecular weight is 222 g/mol. The van der Waals surface area contributed by atoms with E-state index in [0.29, 0.717) is 0 Å². The van der Waals surface area contributed by atoms with Crippen LogP contribution < -0.4 is 0 Å². The van der Waals surface area contributed by atoms with Crippen molar-refractivity contribution in [3.8, 4) is 0 Å². The molecule has 0 aliphatic carbocycles. The van der Waals surface area contributed by atoms with Crippen molar-refractivity contribution < 1.29 is 4.79 Å². The van der Waals surface area contributed by atoms with E-state index in [9.17, 15) is 4.79 Å². The number of hydrogen-bond donors (Lipinski definition) is 0. The summed E-state index contributed by atoms with van der Waals surface area (Å²) < 4.78 is 1.83. The van der Waals surface area contributed by atoms with Crippen molar-refractivity contribution in [2.75, 3.05) is 0 Å². The molecule has 0 saturated carbocycles. The average Bonchev–Trinajstić information content (AvgIpc) is 2.71. The number of carbonyl (C=O) groups excluding carboxylic acids is 1. The monoisotopic (exact) mass is 222 g/mol. The van der Waals surface area contributed by atoms with Crippen LogP contribution in [0.4, 0.5) is 0 Å². The summed E-state index contributed by atoms with van der Waals surface area (Å²) in [6.07, 6.45) is 2.89. The van der Waals surface area contributed by atoms with Crippen LogP contribution in [0.25, 0.3) is 0 Å². The zero-order valence-electron chi connectivity index (χ0n) is 10.8. The van der Waals surface area contributed by atoms with Crippen molar-refractivity contribution >= 4 is 5.78 Å². The van der Waals surface area contributed by atoms with Crippen LogP contribution in [0.3, 0.4) is 0 Å². The molecule has 0 amide bonds. The fourth-order valence-corrected chi connectivity index (χ4v) is 1.90. The van der Waals surface area contributed by atoms with Gasteiger partial charge in [0.1, 0.15) is 5.69 Å². The Morgan fingerprint density at radius 1 is 1.44 bits per heavy atom. The van der Waals surface area contributed by atoms with Crippen molar-refractivity contribution in [3.05, 3.63) is 17.5 Å². The second kappa shape index (κ2) is 5.83. The molecule has 0 bridgehead atoms. The minimum atomic E-state index is 0.108. The van der Waals surface area contributed by atoms with Crippen LogP contribution in [0, 0.1) is 5.92 Å². The second-order valence-corrected chi connectivity index (χ2v) is 4.24. The van der Waals surface area contributed by atoms with Gasteiger partial charge in [0.15, 0.2) is 5.78 Å². The minimum absolute atomic E-state index is 0.108. The van der Waals surface area contributed by atoms with E-state index in [0.717, 1.165) is 37.2 Å². The Morgan fingerprint density at radius 2 is 2.12 bits per heavy atom. The Hall–Kier alpha value is -1.12. The number of ketones is 1. The molecule has 0 aliphatic rings. The first-order valence-electron chi connectivity index (χ1n) is 6.24. The summed E-state index contributed by atoms with van der Waals surface area (Å²) in [5, 5.41) is 4.41. The van der Waals surface area contributed by atoms with Crippen LogP contribution in [0.15, 0.2) is 6.07 Å². The van der Waals surface area contributed by atoms with E-state index >= 15 is 0 Å². The number of aryl methyl sites for hydroxylation is 2. The lowest BCUT2D eigenvalue weighted by atomic mass is 9.98. The van der Waals surface area contributed by atoms with Gasteiger partial charge in [0.2, 0.25) is 0 Å². The topological polar surface area (TPSA) is 34.9 Å². The van der Waals surface area contributed by atoms with Crippen LogP contribution in [0.1, 0.15) is 56.7 Å². The molecule has 1 atom stereocenters. The van der Waals surface area contributed by atoms with Crippen LogP contribution >= 0.6 is 0 Å². The summed E-state index contributed by atoms with van der Waals surface area (Å²) in [5.74, 6) is 0.340. The van der Waals surface area contributed by atoms with Crippen LogP contribution in [0.2, 0.25) is 0 Å². The fraction of sp³-hybridized carbons (Fsp3) is 0.692. The highest BCUT2D eigenvalue weighted by atomic mass is 16.1. The Morgan fingerprint density at radius 3 is 2.62 bits per heavy atom. The normalized spacial score (nSPS) is 12.8. The zero-order valence-corrected chi connectivity index (χ0v) is 10.8. The molecule has 3 heteroatoms. The molecule has 0 spiro atoms. The molecule has 0 fully saturated rings. The van der Waals surface area contributed by atoms with E-state index in [1.54, 1.807) is 0 Å². The number of rotatable bonds is 6. The summed E-state index contributed by atoms with van der Waals surface area (Å²) in [5.41, 5.74) is 1.79. The smallest absolute Gasteiger partial charge is 0.183 e. The van der Waals surface area contributed by atoms with Gasteiger partial charge in [0, 0.05) is 12.5 Å². The Balaban J connectivity index is 2.93. The molecule has 0 aromatic carbocycles. The maximum Gasteiger partial charge on any atom is 0.183 e. The van der Waals surface area contributed by atoms with Crippen LogP contribution in [-0.2, 0) is 13.0 Å². The molecular formula is C13H22N2O. The minimum Gasteiger partial charge on any atom is -0.292 e. The summed E-state index contributed by atoms with van der Waals surface area (Å²) >= 11 is 0. The third-order valence-corrected chi connectivity index (χ3v) is 2.91. The van der Waals surface area contributed by atoms with Gasteiger partial charge in [0.25, 0.3) is 0 Å². The summed E-state index contributed by atoms with van der Waals surface area (Å²) in [4.78, 5) is 12.2. The van der Waals surface area contributed by atoms with E-state index in [1.807, 2.05) is 24.6 Å². The Labute approximate surface area is 97.8 Å². The predicted octanol–water partition coefficient (Wildman–Crippen LogP) is 3.08. The highest BCUT2D eigenvalue weighted by Crippen LogP contribution is 2.15. The first-order valence-corrected chi connectivity index (χ1v) is 6.24. The van der Waals surface area contributed by atoms with Gasteiger partial charge < -0.3 is 0 Å². The Bertz CT molecular complexity index is 355. The van der Waals surface area contributed by atoms with Gasteiger partial charge in [-0.15, -0.1) is 0 Å². The molecule has 0 saturated heterocycles. The molecule has 1 rings (SSSR count). The molecule has 0 N–H and O–H groups in total. The van der Waals surface area contributed by atoms with E-state index in [4.69, 9.17) is 0 Å². The van der Waals surface area contributed by atoms with Crippen molar-refractivity contribution in [2.45, 2.75) is 53.5 Å². The number of carbonyl (C=O) groups is 1. The molecule has 1 aromatic heterocycles. The summed E-state index contributed by atoms with van der Waals surface area (Å²) in [6, 6.07) is 1.94. The van der Waals surface area contributed by atoms with Crippen LogP contribution in [0.5, 0.6) is 0 Å². The molecule has 0 radical (unpaired) electrons. The predicted molar refractivity (Wildman–Crippen MR) is 65.7 cm³/mol. The lowest BCUT2D eigenvalue weighted by Gasteiger charge is -2.09. The maximum atomic E-state index is 12.2. The number of hydrogen-bond acceptors (Lipinski definition) is 2. The molecule has 1 aromatic rings. The van der Waals surface area contributed by atoms with Gasteiger partial charge in [-0.2, -0.15) is 5.10 Å². The van der Waals surface area contributed by atoms with Crippen molar-refractivity contribution in [1.29, 1.82) is 0 Å². The first kappa shape index (κ1) is 12.9. The zero-order chi connectivity index (χ0) is 12.1. The maximum absolute atomic E-state index is 12.2. The molecule has 90 valence electrons. The van der Waals surface area contributed by atoms with Gasteiger partial charge in [-0.3, -0.25) is 9.48 Å². The van der Waals surface area contributed by atoms with E-state index < -0.39 is 0 Å². The van der Waals surface area contributed by atoms with E-state index in [-0.39, 0.29) is 11.7 Å². The fourth-order valence-electron chi connectivity index (χ4n) is 1.90. The van der Waals surface area contributed by atoms with Gasteiger partial charge in [-0.25, -0.2) is 0 Å². The Kier molecular flexibility index (Phi) is 4.71. The SMILES string of the molecule is CCCC(C)C(=O)c1cc(CC)nn1CC. The largest absolute Gasteiger partial charge is 0.292 e. The lowest BCUT2D eigenvalue weighted by Crippen LogP contribution is -2.16. The van der Waals surface area contributed by atoms with Crippen molar-refractivity contribution in [2.24, 2.45) is 5.92 Å². The lowest BCUT2D eigenvalue weighted by molar-refractivity contribution is 0.0912. The second-order valence-electron chi connectivity index (χ2n) is 4.24. The van der Waals surface area contributed by atoms with Gasteiger partial charge in [-0.05, 0) is 25.8 Å². The number of Topliss-reactive ketones (excluding diaryl/α,β-unsaturated/α-hetero) is 1. The standard InChI is InChI=1S/C13H22N2O/c1-5-8-10(4)13(16)12-9-11(6-2)14-15(12)7-3/h9-10H,5-8H2,1-4H3. The molecule has 0 aliphatic heterocycles. The number of aromatic nitrogens is 2. The summed E-state index contributed by atoms with van der Waals surface area (Å²) in [6.45, 7) is 8.96. The third-order valence-electron chi connectivity index (χ3n) is 2.91. The number of nitrogens with zero attached hydrogens (tertiary/aromatic N) is 2. The van der Waals surface area contributed by atoms with Gasteiger partial charge in [0.05, 0.1) is 5.69 Å². The molecule has 1 heterocycles. The van der Waals surface area contributed by atoms with Crippen molar-refractivity contribution in [3.63, 3.8) is 0 Å². The highest BCUT2D eigenvalue weighted by molar-refractivity contribution is 5.96. The van der Waals surface area contributed by atoms with Crippen molar-refractivity contribution in [1.82, 2.24) is 9.78 Å².